The van der Waals surface area contributed by atoms with Gasteiger partial charge in [-0.3, -0.25) is 0 Å². The molecule has 0 aliphatic carbocycles. The summed E-state index contributed by atoms with van der Waals surface area (Å²) in [5, 5.41) is 3.31. The van der Waals surface area contributed by atoms with Crippen LogP contribution in [0.3, 0.4) is 0 Å². The molecule has 0 saturated carbocycles. The summed E-state index contributed by atoms with van der Waals surface area (Å²) in [7, 11) is -3.52. The lowest BCUT2D eigenvalue weighted by molar-refractivity contribution is 0.595. The molecule has 2 aromatic rings. The van der Waals surface area contributed by atoms with E-state index >= 15 is 0 Å². The fourth-order valence-electron chi connectivity index (χ4n) is 2.42. The predicted octanol–water partition coefficient (Wildman–Crippen LogP) is 1.39. The Morgan fingerprint density at radius 3 is 2.35 bits per heavy atom. The van der Waals surface area contributed by atoms with Gasteiger partial charge in [0.05, 0.1) is 4.90 Å². The number of sulfone groups is 1. The topological polar surface area (TPSA) is 72.0 Å². The van der Waals surface area contributed by atoms with E-state index in [2.05, 4.69) is 15.3 Å². The fourth-order valence-corrected chi connectivity index (χ4v) is 3.58. The molecule has 1 aliphatic heterocycles. The summed E-state index contributed by atoms with van der Waals surface area (Å²) in [6, 6.07) is 7.12. The Balaban J connectivity index is 1.91. The van der Waals surface area contributed by atoms with E-state index in [1.165, 1.54) is 24.3 Å². The molecule has 1 unspecified atom stereocenters. The van der Waals surface area contributed by atoms with E-state index in [9.17, 15) is 8.42 Å². The van der Waals surface area contributed by atoms with Gasteiger partial charge in [0.2, 0.25) is 9.84 Å². The highest BCUT2D eigenvalue weighted by Crippen LogP contribution is 2.25. The second-order valence-corrected chi connectivity index (χ2v) is 6.79. The molecule has 0 amide bonds. The van der Waals surface area contributed by atoms with Crippen LogP contribution >= 0.6 is 0 Å². The minimum Gasteiger partial charge on any atom is -0.316 e. The monoisotopic (exact) mass is 289 g/mol. The van der Waals surface area contributed by atoms with Gasteiger partial charge in [0.25, 0.3) is 0 Å². The minimum atomic E-state index is -3.52. The molecule has 1 aliphatic rings. The van der Waals surface area contributed by atoms with Gasteiger partial charge in [-0.05, 0) is 36.6 Å². The van der Waals surface area contributed by atoms with Crippen LogP contribution in [0, 0.1) is 0 Å². The number of hydrogen-bond donors (Lipinski definition) is 1. The maximum Gasteiger partial charge on any atom is 0.209 e. The highest BCUT2D eigenvalue weighted by atomic mass is 32.2. The average Bonchev–Trinajstić information content (AvgIpc) is 3.02. The first-order valence-corrected chi connectivity index (χ1v) is 7.97. The van der Waals surface area contributed by atoms with Gasteiger partial charge < -0.3 is 5.32 Å². The second-order valence-electron chi connectivity index (χ2n) is 4.84. The molecular weight excluding hydrogens is 274 g/mol. The lowest BCUT2D eigenvalue weighted by Crippen LogP contribution is -2.08. The van der Waals surface area contributed by atoms with Crippen LogP contribution in [0.25, 0.3) is 0 Å². The maximum absolute atomic E-state index is 12.4. The first-order chi connectivity index (χ1) is 9.68. The summed E-state index contributed by atoms with van der Waals surface area (Å²) >= 11 is 0. The molecule has 1 aromatic carbocycles. The SMILES string of the molecule is O=S(=O)(c1ccc(C2CCNC2)cc1)c1cncnc1. The van der Waals surface area contributed by atoms with Gasteiger partial charge in [-0.1, -0.05) is 12.1 Å². The quantitative estimate of drug-likeness (QED) is 0.924. The number of nitrogens with one attached hydrogen (secondary N) is 1. The lowest BCUT2D eigenvalue weighted by atomic mass is 9.99. The zero-order chi connectivity index (χ0) is 14.0. The third-order valence-corrected chi connectivity index (χ3v) is 5.29. The van der Waals surface area contributed by atoms with Gasteiger partial charge in [-0.15, -0.1) is 0 Å². The van der Waals surface area contributed by atoms with Crippen LogP contribution in [0.2, 0.25) is 0 Å². The van der Waals surface area contributed by atoms with Crippen molar-refractivity contribution in [2.24, 2.45) is 0 Å². The smallest absolute Gasteiger partial charge is 0.209 e. The molecular formula is C14H15N3O2S. The first kappa shape index (κ1) is 13.2. The molecule has 1 N–H and O–H groups in total. The zero-order valence-corrected chi connectivity index (χ0v) is 11.7. The molecule has 0 radical (unpaired) electrons. The number of rotatable bonds is 3. The molecule has 1 atom stereocenters. The molecule has 1 saturated heterocycles. The Morgan fingerprint density at radius 2 is 1.75 bits per heavy atom. The lowest BCUT2D eigenvalue weighted by Gasteiger charge is -2.10. The van der Waals surface area contributed by atoms with E-state index in [-0.39, 0.29) is 9.79 Å². The van der Waals surface area contributed by atoms with Gasteiger partial charge in [0, 0.05) is 18.9 Å². The van der Waals surface area contributed by atoms with E-state index in [0.717, 1.165) is 19.5 Å². The van der Waals surface area contributed by atoms with Crippen LogP contribution in [0.5, 0.6) is 0 Å². The van der Waals surface area contributed by atoms with Crippen LogP contribution < -0.4 is 5.32 Å². The van der Waals surface area contributed by atoms with Crippen LogP contribution in [0.15, 0.2) is 52.8 Å². The van der Waals surface area contributed by atoms with Crippen molar-refractivity contribution in [3.8, 4) is 0 Å². The third kappa shape index (κ3) is 2.44. The molecule has 0 bridgehead atoms. The van der Waals surface area contributed by atoms with Crippen LogP contribution in [-0.2, 0) is 9.84 Å². The van der Waals surface area contributed by atoms with Crippen LogP contribution in [-0.4, -0.2) is 31.5 Å². The Kier molecular flexibility index (Phi) is 3.50. The van der Waals surface area contributed by atoms with Crippen molar-refractivity contribution in [1.82, 2.24) is 15.3 Å². The van der Waals surface area contributed by atoms with E-state index in [0.29, 0.717) is 5.92 Å². The maximum atomic E-state index is 12.4. The van der Waals surface area contributed by atoms with E-state index in [1.807, 2.05) is 12.1 Å². The molecule has 20 heavy (non-hydrogen) atoms. The molecule has 104 valence electrons. The highest BCUT2D eigenvalue weighted by Gasteiger charge is 2.20. The Bertz CT molecular complexity index is 678. The standard InChI is InChI=1S/C14H15N3O2S/c18-20(19,14-8-16-10-17-9-14)13-3-1-11(2-4-13)12-5-6-15-7-12/h1-4,8-10,12,15H,5-7H2. The Labute approximate surface area is 118 Å². The summed E-state index contributed by atoms with van der Waals surface area (Å²) in [4.78, 5) is 7.92. The van der Waals surface area contributed by atoms with Crippen LogP contribution in [0.1, 0.15) is 17.9 Å². The van der Waals surface area contributed by atoms with Gasteiger partial charge in [-0.25, -0.2) is 18.4 Å². The van der Waals surface area contributed by atoms with E-state index < -0.39 is 9.84 Å². The summed E-state index contributed by atoms with van der Waals surface area (Å²) in [5.74, 6) is 0.479. The average molecular weight is 289 g/mol. The second kappa shape index (κ2) is 5.30. The number of hydrogen-bond acceptors (Lipinski definition) is 5. The zero-order valence-electron chi connectivity index (χ0n) is 10.9. The Morgan fingerprint density at radius 1 is 1.05 bits per heavy atom. The highest BCUT2D eigenvalue weighted by molar-refractivity contribution is 7.91. The summed E-state index contributed by atoms with van der Waals surface area (Å²) in [5.41, 5.74) is 1.18. The molecule has 3 rings (SSSR count). The van der Waals surface area contributed by atoms with E-state index in [4.69, 9.17) is 0 Å². The number of nitrogens with zero attached hydrogens (tertiary/aromatic N) is 2. The summed E-state index contributed by atoms with van der Waals surface area (Å²) in [6.45, 7) is 1.98. The largest absolute Gasteiger partial charge is 0.316 e. The summed E-state index contributed by atoms with van der Waals surface area (Å²) in [6.07, 6.45) is 5.04. The number of aromatic nitrogens is 2. The molecule has 0 spiro atoms. The van der Waals surface area contributed by atoms with Gasteiger partial charge >= 0.3 is 0 Å². The first-order valence-electron chi connectivity index (χ1n) is 6.49. The van der Waals surface area contributed by atoms with Crippen molar-refractivity contribution < 1.29 is 8.42 Å². The van der Waals surface area contributed by atoms with Crippen molar-refractivity contribution in [2.45, 2.75) is 22.1 Å². The van der Waals surface area contributed by atoms with Crippen molar-refractivity contribution in [3.63, 3.8) is 0 Å². The van der Waals surface area contributed by atoms with Gasteiger partial charge in [0.1, 0.15) is 11.2 Å². The molecule has 2 heterocycles. The van der Waals surface area contributed by atoms with E-state index in [1.54, 1.807) is 12.1 Å². The van der Waals surface area contributed by atoms with Crippen molar-refractivity contribution in [1.29, 1.82) is 0 Å². The molecule has 1 aromatic heterocycles. The third-order valence-electron chi connectivity index (χ3n) is 3.57. The molecule has 5 nitrogen and oxygen atoms in total. The molecule has 1 fully saturated rings. The minimum absolute atomic E-state index is 0.121. The van der Waals surface area contributed by atoms with Gasteiger partial charge in [-0.2, -0.15) is 0 Å². The van der Waals surface area contributed by atoms with Crippen molar-refractivity contribution in [3.05, 3.63) is 48.5 Å². The number of benzene rings is 1. The van der Waals surface area contributed by atoms with Gasteiger partial charge in [0.15, 0.2) is 0 Å². The van der Waals surface area contributed by atoms with Crippen molar-refractivity contribution in [2.75, 3.05) is 13.1 Å². The summed E-state index contributed by atoms with van der Waals surface area (Å²) < 4.78 is 24.7. The predicted molar refractivity (Wildman–Crippen MR) is 74.2 cm³/mol. The van der Waals surface area contributed by atoms with Crippen LogP contribution in [0.4, 0.5) is 0 Å². The Hall–Kier alpha value is -1.79. The normalized spacial score (nSPS) is 19.1. The molecule has 6 heteroatoms. The van der Waals surface area contributed by atoms with Crippen molar-refractivity contribution >= 4 is 9.84 Å². The fraction of sp³-hybridized carbons (Fsp3) is 0.286.